The van der Waals surface area contributed by atoms with E-state index >= 15 is 0 Å². The summed E-state index contributed by atoms with van der Waals surface area (Å²) in [6, 6.07) is 18.7. The van der Waals surface area contributed by atoms with E-state index in [9.17, 15) is 19.8 Å². The van der Waals surface area contributed by atoms with Gasteiger partial charge in [0.25, 0.3) is 5.88 Å². The summed E-state index contributed by atoms with van der Waals surface area (Å²) < 4.78 is 11.8. The fraction of sp³-hybridized carbons (Fsp3) is 0.510. The second-order valence-corrected chi connectivity index (χ2v) is 19.6. The van der Waals surface area contributed by atoms with E-state index in [4.69, 9.17) is 9.26 Å². The highest BCUT2D eigenvalue weighted by atomic mass is 32.1. The van der Waals surface area contributed by atoms with Crippen molar-refractivity contribution in [2.45, 2.75) is 90.1 Å². The number of anilines is 2. The lowest BCUT2D eigenvalue weighted by Crippen LogP contribution is -2.60. The number of nitrogens with one attached hydrogen (secondary N) is 2. The molecule has 0 bridgehead atoms. The molecular weight excluding hydrogens is 857 g/mol. The quantitative estimate of drug-likeness (QED) is 0.103. The summed E-state index contributed by atoms with van der Waals surface area (Å²) in [6.07, 6.45) is 1.57. The fourth-order valence-corrected chi connectivity index (χ4v) is 11.2. The number of ether oxygens (including phenoxy) is 1. The SMILES string of the molecule is Cc1ncsc1-c1ccc([C@H](C)NC(=O)[C@@H]2C[C@@H](O)CN2C(=O)[C@@H](c2cc(OCCN3CCC([C@@H](C)N4CCN5c6cc(-c7ccccc7O)nnc6NC[C@@H]5C4)CC3)no2)C(C)C)cc1. The third-order valence-electron chi connectivity index (χ3n) is 14.2. The van der Waals surface area contributed by atoms with Gasteiger partial charge in [-0.05, 0) is 93.0 Å². The van der Waals surface area contributed by atoms with Gasteiger partial charge in [-0.25, -0.2) is 4.98 Å². The van der Waals surface area contributed by atoms with Gasteiger partial charge in [0.1, 0.15) is 24.3 Å². The molecule has 0 aliphatic carbocycles. The molecule has 4 N–H and O–H groups in total. The van der Waals surface area contributed by atoms with Crippen LogP contribution >= 0.6 is 11.3 Å². The molecule has 5 aromatic rings. The number of hydrogen-bond acceptors (Lipinski definition) is 15. The molecule has 4 aliphatic rings. The number of para-hydroxylation sites is 1. The number of likely N-dealkylation sites (tertiary alicyclic amines) is 2. The monoisotopic (exact) mass is 918 g/mol. The van der Waals surface area contributed by atoms with Crippen molar-refractivity contribution in [2.24, 2.45) is 11.8 Å². The molecule has 3 fully saturated rings. The molecule has 0 radical (unpaired) electrons. The first-order valence-corrected chi connectivity index (χ1v) is 24.3. The first kappa shape index (κ1) is 45.5. The first-order chi connectivity index (χ1) is 31.9. The average molecular weight is 919 g/mol. The Hall–Kier alpha value is -5.62. The van der Waals surface area contributed by atoms with E-state index in [1.165, 1.54) is 4.90 Å². The molecule has 16 nitrogen and oxygen atoms in total. The number of fused-ring (bicyclic) bond motifs is 3. The summed E-state index contributed by atoms with van der Waals surface area (Å²) in [5, 5.41) is 40.8. The second kappa shape index (κ2) is 19.7. The molecular formula is C49H62N10O6S. The van der Waals surface area contributed by atoms with Crippen LogP contribution < -0.4 is 20.3 Å². The van der Waals surface area contributed by atoms with Crippen LogP contribution in [0.25, 0.3) is 21.7 Å². The molecule has 3 saturated heterocycles. The van der Waals surface area contributed by atoms with E-state index < -0.39 is 18.1 Å². The summed E-state index contributed by atoms with van der Waals surface area (Å²) in [7, 11) is 0. The predicted molar refractivity (Wildman–Crippen MR) is 254 cm³/mol. The molecule has 66 heavy (non-hydrogen) atoms. The van der Waals surface area contributed by atoms with Crippen molar-refractivity contribution in [2.75, 3.05) is 69.2 Å². The van der Waals surface area contributed by atoms with Crippen molar-refractivity contribution < 1.29 is 29.1 Å². The van der Waals surface area contributed by atoms with Crippen LogP contribution in [-0.4, -0.2) is 140 Å². The molecule has 7 heterocycles. The van der Waals surface area contributed by atoms with Gasteiger partial charge in [0.05, 0.1) is 45.7 Å². The summed E-state index contributed by atoms with van der Waals surface area (Å²) in [4.78, 5) is 42.5. The van der Waals surface area contributed by atoms with E-state index in [2.05, 4.69) is 58.7 Å². The second-order valence-electron chi connectivity index (χ2n) is 18.8. The number of benzene rings is 2. The number of thiazole rings is 1. The summed E-state index contributed by atoms with van der Waals surface area (Å²) in [5.41, 5.74) is 7.23. The smallest absolute Gasteiger partial charge is 0.254 e. The lowest BCUT2D eigenvalue weighted by atomic mass is 9.88. The third-order valence-corrected chi connectivity index (χ3v) is 15.2. The molecule has 350 valence electrons. The minimum absolute atomic E-state index is 0.0631. The Morgan fingerprint density at radius 1 is 1.00 bits per heavy atom. The van der Waals surface area contributed by atoms with Crippen LogP contribution in [0.5, 0.6) is 11.6 Å². The number of phenols is 1. The van der Waals surface area contributed by atoms with Gasteiger partial charge < -0.3 is 39.9 Å². The van der Waals surface area contributed by atoms with E-state index in [0.29, 0.717) is 47.5 Å². The van der Waals surface area contributed by atoms with Crippen LogP contribution in [0.1, 0.15) is 75.9 Å². The molecule has 9 rings (SSSR count). The minimum Gasteiger partial charge on any atom is -0.507 e. The van der Waals surface area contributed by atoms with Gasteiger partial charge in [-0.2, -0.15) is 0 Å². The van der Waals surface area contributed by atoms with Crippen molar-refractivity contribution in [3.8, 4) is 33.3 Å². The number of nitrogens with zero attached hydrogens (tertiary/aromatic N) is 8. The molecule has 4 aliphatic heterocycles. The predicted octanol–water partition coefficient (Wildman–Crippen LogP) is 5.94. The summed E-state index contributed by atoms with van der Waals surface area (Å²) in [6.45, 7) is 17.1. The topological polar surface area (TPSA) is 186 Å². The number of aryl methyl sites for hydroxylation is 1. The van der Waals surface area contributed by atoms with Crippen LogP contribution in [0.4, 0.5) is 11.5 Å². The van der Waals surface area contributed by atoms with Gasteiger partial charge in [-0.1, -0.05) is 50.2 Å². The maximum Gasteiger partial charge on any atom is 0.254 e. The lowest BCUT2D eigenvalue weighted by Gasteiger charge is -2.49. The van der Waals surface area contributed by atoms with Crippen LogP contribution in [0.2, 0.25) is 0 Å². The number of amides is 2. The maximum atomic E-state index is 14.2. The van der Waals surface area contributed by atoms with E-state index in [1.807, 2.05) is 75.7 Å². The number of carbonyl (C=O) groups is 2. The molecule has 2 aromatic carbocycles. The highest BCUT2D eigenvalue weighted by Gasteiger charge is 2.44. The average Bonchev–Trinajstić information content (AvgIpc) is 4.08. The summed E-state index contributed by atoms with van der Waals surface area (Å²) in [5.74, 6) is 0.844. The van der Waals surface area contributed by atoms with Gasteiger partial charge in [-0.3, -0.25) is 19.4 Å². The number of aliphatic hydroxyl groups is 1. The fourth-order valence-electron chi connectivity index (χ4n) is 10.3. The molecule has 2 amide bonds. The number of aliphatic hydroxyl groups excluding tert-OH is 1. The zero-order valence-corrected chi connectivity index (χ0v) is 39.3. The maximum absolute atomic E-state index is 14.2. The van der Waals surface area contributed by atoms with Crippen molar-refractivity contribution in [1.29, 1.82) is 0 Å². The molecule has 17 heteroatoms. The van der Waals surface area contributed by atoms with Gasteiger partial charge >= 0.3 is 0 Å². The summed E-state index contributed by atoms with van der Waals surface area (Å²) >= 11 is 1.59. The number of rotatable bonds is 14. The highest BCUT2D eigenvalue weighted by Crippen LogP contribution is 2.38. The number of aromatic nitrogens is 4. The Balaban J connectivity index is 0.735. The number of carbonyl (C=O) groups excluding carboxylic acids is 2. The van der Waals surface area contributed by atoms with Crippen molar-refractivity contribution in [1.82, 2.24) is 40.4 Å². The van der Waals surface area contributed by atoms with Crippen LogP contribution in [-0.2, 0) is 9.59 Å². The Bertz CT molecular complexity index is 2470. The van der Waals surface area contributed by atoms with Gasteiger partial charge in [0.15, 0.2) is 11.6 Å². The van der Waals surface area contributed by atoms with Crippen LogP contribution in [0.3, 0.4) is 0 Å². The largest absolute Gasteiger partial charge is 0.507 e. The van der Waals surface area contributed by atoms with Crippen LogP contribution in [0.15, 0.2) is 70.7 Å². The zero-order valence-electron chi connectivity index (χ0n) is 38.5. The van der Waals surface area contributed by atoms with Crippen molar-refractivity contribution >= 4 is 34.7 Å². The lowest BCUT2D eigenvalue weighted by molar-refractivity contribution is -0.141. The Morgan fingerprint density at radius 2 is 1.79 bits per heavy atom. The van der Waals surface area contributed by atoms with Crippen LogP contribution in [0, 0.1) is 18.8 Å². The standard InChI is InChI=1S/C49H62N10O6S/c1-29(2)45(49(63)59-27-37(60)22-41(59)48(62)52-30(3)33-10-12-35(13-11-33)46-31(4)51-28-66-46)43-24-44(55-65-43)64-21-20-56-16-14-34(15-17-56)32(5)57-18-19-58-36(26-57)25-50-47-40(58)23-39(53-54-47)38-8-6-7-9-42(38)61/h6-13,23-24,28-30,32,34,36-37,41,45,60-61H,14-22,25-27H2,1-5H3,(H,50,54)(H,52,62)/t30-,32+,36+,37+,41-,45+/m0/s1. The minimum atomic E-state index is -0.818. The molecule has 0 spiro atoms. The molecule has 3 aromatic heterocycles. The molecule has 0 saturated carbocycles. The number of piperazine rings is 1. The van der Waals surface area contributed by atoms with Gasteiger partial charge in [0.2, 0.25) is 11.8 Å². The van der Waals surface area contributed by atoms with E-state index in [0.717, 1.165) is 91.9 Å². The number of aromatic hydroxyl groups is 1. The normalized spacial score (nSPS) is 21.8. The number of piperidine rings is 1. The zero-order chi connectivity index (χ0) is 46.1. The third kappa shape index (κ3) is 9.62. The molecule has 0 unspecified atom stereocenters. The highest BCUT2D eigenvalue weighted by molar-refractivity contribution is 7.13. The molecule has 6 atom stereocenters. The Kier molecular flexibility index (Phi) is 13.6. The number of phenolic OH excluding ortho intramolecular Hbond substituents is 1. The van der Waals surface area contributed by atoms with Gasteiger partial charge in [0, 0.05) is 63.4 Å². The number of hydrogen-bond donors (Lipinski definition) is 4. The van der Waals surface area contributed by atoms with Gasteiger partial charge in [-0.15, -0.1) is 21.5 Å². The van der Waals surface area contributed by atoms with Crippen molar-refractivity contribution in [3.63, 3.8) is 0 Å². The first-order valence-electron chi connectivity index (χ1n) is 23.4. The number of β-amino-alcohol motifs (C(OH)–C–C–N with tert-alkyl or cyclic N) is 1. The Morgan fingerprint density at radius 3 is 2.53 bits per heavy atom. The van der Waals surface area contributed by atoms with E-state index in [-0.39, 0.29) is 42.5 Å². The van der Waals surface area contributed by atoms with E-state index in [1.54, 1.807) is 23.5 Å². The van der Waals surface area contributed by atoms with Crippen molar-refractivity contribution in [3.05, 3.63) is 83.2 Å². The Labute approximate surface area is 390 Å².